The lowest BCUT2D eigenvalue weighted by atomic mass is 9.75. The van der Waals surface area contributed by atoms with Gasteiger partial charge in [0.1, 0.15) is 0 Å². The monoisotopic (exact) mass is 217 g/mol. The number of hydrogen-bond donors (Lipinski definition) is 1. The maximum atomic E-state index is 5.73. The zero-order chi connectivity index (χ0) is 9.90. The summed E-state index contributed by atoms with van der Waals surface area (Å²) in [6.45, 7) is 6.81. The molecule has 1 unspecified atom stereocenters. The van der Waals surface area contributed by atoms with Gasteiger partial charge in [-0.05, 0) is 44.4 Å². The van der Waals surface area contributed by atoms with Crippen molar-refractivity contribution in [1.82, 2.24) is 0 Å². The number of nitrogens with two attached hydrogens (primary N) is 1. The van der Waals surface area contributed by atoms with E-state index in [1.54, 1.807) is 5.57 Å². The molecule has 1 fully saturated rings. The van der Waals surface area contributed by atoms with Crippen molar-refractivity contribution in [3.63, 3.8) is 0 Å². The van der Waals surface area contributed by atoms with Crippen molar-refractivity contribution in [2.45, 2.75) is 58.9 Å². The van der Waals surface area contributed by atoms with E-state index in [0.29, 0.717) is 11.5 Å². The predicted molar refractivity (Wildman–Crippen MR) is 65.8 cm³/mol. The van der Waals surface area contributed by atoms with E-state index in [-0.39, 0.29) is 12.4 Å². The highest BCUT2D eigenvalue weighted by atomic mass is 35.5. The summed E-state index contributed by atoms with van der Waals surface area (Å²) in [7, 11) is 0. The van der Waals surface area contributed by atoms with E-state index in [1.165, 1.54) is 25.7 Å². The molecular weight excluding hydrogens is 194 g/mol. The Bertz CT molecular complexity index is 194. The molecule has 1 aliphatic carbocycles. The Hall–Kier alpha value is -0.0100. The van der Waals surface area contributed by atoms with Crippen LogP contribution in [-0.2, 0) is 0 Å². The summed E-state index contributed by atoms with van der Waals surface area (Å²) < 4.78 is 0. The minimum atomic E-state index is 0. The molecule has 0 amide bonds. The van der Waals surface area contributed by atoms with Crippen LogP contribution in [0.1, 0.15) is 52.9 Å². The molecule has 0 aromatic rings. The molecule has 1 atom stereocenters. The third-order valence-corrected chi connectivity index (χ3v) is 2.84. The van der Waals surface area contributed by atoms with Crippen molar-refractivity contribution in [2.75, 3.05) is 0 Å². The van der Waals surface area contributed by atoms with Gasteiger partial charge in [0.15, 0.2) is 0 Å². The van der Waals surface area contributed by atoms with Crippen LogP contribution in [0.4, 0.5) is 0 Å². The van der Waals surface area contributed by atoms with Crippen molar-refractivity contribution in [2.24, 2.45) is 11.1 Å². The first kappa shape index (κ1) is 14.0. The molecule has 0 aromatic heterocycles. The van der Waals surface area contributed by atoms with E-state index >= 15 is 0 Å². The lowest BCUT2D eigenvalue weighted by Crippen LogP contribution is -2.18. The molecule has 84 valence electrons. The summed E-state index contributed by atoms with van der Waals surface area (Å²) >= 11 is 0. The van der Waals surface area contributed by atoms with Gasteiger partial charge in [0.2, 0.25) is 0 Å². The summed E-state index contributed by atoms with van der Waals surface area (Å²) in [4.78, 5) is 0. The standard InChI is InChI=1S/C12H23N.ClH/c1-10(13)6-7-11-5-4-8-12(2,3)9-11;/h7,10H,4-6,8-9,13H2,1-3H3;1H/b11-7+;. The number of rotatable bonds is 2. The highest BCUT2D eigenvalue weighted by Crippen LogP contribution is 2.38. The first-order valence-corrected chi connectivity index (χ1v) is 5.43. The summed E-state index contributed by atoms with van der Waals surface area (Å²) in [5, 5.41) is 0. The maximum absolute atomic E-state index is 5.73. The first-order valence-electron chi connectivity index (χ1n) is 5.43. The molecule has 0 radical (unpaired) electrons. The lowest BCUT2D eigenvalue weighted by Gasteiger charge is -2.31. The number of halogens is 1. The van der Waals surface area contributed by atoms with Gasteiger partial charge in [-0.25, -0.2) is 0 Å². The summed E-state index contributed by atoms with van der Waals surface area (Å²) in [6, 6.07) is 0.317. The van der Waals surface area contributed by atoms with Crippen LogP contribution in [0, 0.1) is 5.41 Å². The van der Waals surface area contributed by atoms with Crippen LogP contribution in [0.5, 0.6) is 0 Å². The molecule has 0 heterocycles. The van der Waals surface area contributed by atoms with Crippen LogP contribution in [0.2, 0.25) is 0 Å². The highest BCUT2D eigenvalue weighted by molar-refractivity contribution is 5.85. The number of hydrogen-bond acceptors (Lipinski definition) is 1. The van der Waals surface area contributed by atoms with Gasteiger partial charge in [0, 0.05) is 6.04 Å². The third kappa shape index (κ3) is 5.02. The fraction of sp³-hybridized carbons (Fsp3) is 0.833. The van der Waals surface area contributed by atoms with Gasteiger partial charge in [-0.3, -0.25) is 0 Å². The molecule has 0 aromatic carbocycles. The third-order valence-electron chi connectivity index (χ3n) is 2.84. The molecule has 0 saturated heterocycles. The normalized spacial score (nSPS) is 25.6. The van der Waals surface area contributed by atoms with Gasteiger partial charge >= 0.3 is 0 Å². The summed E-state index contributed by atoms with van der Waals surface area (Å²) in [5.74, 6) is 0. The molecule has 1 saturated carbocycles. The molecule has 2 N–H and O–H groups in total. The smallest absolute Gasteiger partial charge is 0.00450 e. The Balaban J connectivity index is 0.00000169. The van der Waals surface area contributed by atoms with E-state index in [1.807, 2.05) is 0 Å². The molecule has 0 aliphatic heterocycles. The maximum Gasteiger partial charge on any atom is 0.00450 e. The van der Waals surface area contributed by atoms with Gasteiger partial charge in [-0.2, -0.15) is 0 Å². The zero-order valence-corrected chi connectivity index (χ0v) is 10.5. The van der Waals surface area contributed by atoms with E-state index in [2.05, 4.69) is 26.8 Å². The summed E-state index contributed by atoms with van der Waals surface area (Å²) in [6.07, 6.45) is 8.73. The first-order chi connectivity index (χ1) is 5.99. The van der Waals surface area contributed by atoms with E-state index < -0.39 is 0 Å². The van der Waals surface area contributed by atoms with Gasteiger partial charge in [-0.1, -0.05) is 25.5 Å². The molecule has 1 aliphatic rings. The topological polar surface area (TPSA) is 26.0 Å². The minimum absolute atomic E-state index is 0. The van der Waals surface area contributed by atoms with Crippen molar-refractivity contribution >= 4 is 12.4 Å². The van der Waals surface area contributed by atoms with Crippen LogP contribution in [0.3, 0.4) is 0 Å². The number of allylic oxidation sites excluding steroid dienone is 1. The molecule has 1 rings (SSSR count). The summed E-state index contributed by atoms with van der Waals surface area (Å²) in [5.41, 5.74) is 7.90. The van der Waals surface area contributed by atoms with Crippen LogP contribution in [0.25, 0.3) is 0 Å². The van der Waals surface area contributed by atoms with Crippen molar-refractivity contribution in [1.29, 1.82) is 0 Å². The quantitative estimate of drug-likeness (QED) is 0.702. The van der Waals surface area contributed by atoms with Gasteiger partial charge in [0.05, 0.1) is 0 Å². The zero-order valence-electron chi connectivity index (χ0n) is 9.68. The minimum Gasteiger partial charge on any atom is -0.328 e. The average molecular weight is 218 g/mol. The van der Waals surface area contributed by atoms with Crippen LogP contribution in [-0.4, -0.2) is 6.04 Å². The Labute approximate surface area is 94.6 Å². The van der Waals surface area contributed by atoms with Gasteiger partial charge in [0.25, 0.3) is 0 Å². The molecule has 1 nitrogen and oxygen atoms in total. The SMILES string of the molecule is CC(N)C/C=C1\CCCC(C)(C)C1.Cl. The second-order valence-corrected chi connectivity index (χ2v) is 5.27. The van der Waals surface area contributed by atoms with E-state index in [4.69, 9.17) is 5.73 Å². The lowest BCUT2D eigenvalue weighted by molar-refractivity contribution is 0.288. The van der Waals surface area contributed by atoms with E-state index in [0.717, 1.165) is 6.42 Å². The van der Waals surface area contributed by atoms with Crippen LogP contribution in [0.15, 0.2) is 11.6 Å². The molecule has 14 heavy (non-hydrogen) atoms. The molecule has 2 heteroatoms. The predicted octanol–water partition coefficient (Wildman–Crippen LogP) is 3.67. The van der Waals surface area contributed by atoms with Crippen molar-refractivity contribution in [3.8, 4) is 0 Å². The van der Waals surface area contributed by atoms with Gasteiger partial charge < -0.3 is 5.73 Å². The van der Waals surface area contributed by atoms with Crippen LogP contribution < -0.4 is 5.73 Å². The Morgan fingerprint density at radius 3 is 2.64 bits per heavy atom. The molecular formula is C12H24ClN. The fourth-order valence-corrected chi connectivity index (χ4v) is 2.11. The van der Waals surface area contributed by atoms with Gasteiger partial charge in [-0.15, -0.1) is 12.4 Å². The van der Waals surface area contributed by atoms with Crippen LogP contribution >= 0.6 is 12.4 Å². The van der Waals surface area contributed by atoms with E-state index in [9.17, 15) is 0 Å². The second-order valence-electron chi connectivity index (χ2n) is 5.27. The Morgan fingerprint density at radius 2 is 2.14 bits per heavy atom. The molecule has 0 spiro atoms. The average Bonchev–Trinajstić information content (AvgIpc) is 1.99. The largest absolute Gasteiger partial charge is 0.328 e. The highest BCUT2D eigenvalue weighted by Gasteiger charge is 2.23. The molecule has 0 bridgehead atoms. The van der Waals surface area contributed by atoms with Crippen molar-refractivity contribution in [3.05, 3.63) is 11.6 Å². The second kappa shape index (κ2) is 5.77. The fourth-order valence-electron chi connectivity index (χ4n) is 2.11. The Kier molecular flexibility index (Phi) is 5.77. The van der Waals surface area contributed by atoms with Crippen molar-refractivity contribution < 1.29 is 0 Å². The Morgan fingerprint density at radius 1 is 1.50 bits per heavy atom.